The van der Waals surface area contributed by atoms with Crippen molar-refractivity contribution in [2.24, 2.45) is 0 Å². The number of nitrogens with one attached hydrogen (secondary N) is 1. The number of nitrogens with zero attached hydrogens (tertiary/aromatic N) is 2. The first-order valence-electron chi connectivity index (χ1n) is 6.88. The third-order valence-electron chi connectivity index (χ3n) is 3.74. The van der Waals surface area contributed by atoms with Crippen LogP contribution in [0.2, 0.25) is 0 Å². The van der Waals surface area contributed by atoms with Crippen molar-refractivity contribution in [2.45, 2.75) is 25.9 Å². The molecule has 0 aliphatic carbocycles. The van der Waals surface area contributed by atoms with E-state index in [1.165, 1.54) is 11.1 Å². The van der Waals surface area contributed by atoms with Crippen molar-refractivity contribution in [3.63, 3.8) is 0 Å². The molecule has 2 heterocycles. The van der Waals surface area contributed by atoms with Crippen LogP contribution in [0, 0.1) is 0 Å². The molecular formula is C15H18BrN3O. The quantitative estimate of drug-likeness (QED) is 0.933. The van der Waals surface area contributed by atoms with Crippen molar-refractivity contribution in [1.82, 2.24) is 15.1 Å². The second kappa shape index (κ2) is 5.58. The molecule has 1 aromatic heterocycles. The first-order chi connectivity index (χ1) is 9.74. The third-order valence-corrected chi connectivity index (χ3v) is 4.35. The molecule has 0 fully saturated rings. The van der Waals surface area contributed by atoms with Gasteiger partial charge >= 0.3 is 0 Å². The topological polar surface area (TPSA) is 39.1 Å². The van der Waals surface area contributed by atoms with E-state index in [-0.39, 0.29) is 6.04 Å². The molecule has 1 aliphatic rings. The third kappa shape index (κ3) is 2.25. The number of benzene rings is 1. The van der Waals surface area contributed by atoms with Crippen LogP contribution in [0.15, 0.2) is 28.9 Å². The first-order valence-corrected chi connectivity index (χ1v) is 7.68. The van der Waals surface area contributed by atoms with Crippen LogP contribution in [0.1, 0.15) is 29.8 Å². The number of aromatic nitrogens is 2. The van der Waals surface area contributed by atoms with Crippen LogP contribution in [0.5, 0.6) is 5.75 Å². The normalized spacial score (nSPS) is 14.9. The number of ether oxygens (including phenoxy) is 1. The maximum Gasteiger partial charge on any atom is 0.122 e. The Labute approximate surface area is 127 Å². The highest BCUT2D eigenvalue weighted by Gasteiger charge is 2.22. The highest BCUT2D eigenvalue weighted by atomic mass is 79.9. The predicted octanol–water partition coefficient (Wildman–Crippen LogP) is 2.91. The van der Waals surface area contributed by atoms with E-state index in [9.17, 15) is 0 Å². The van der Waals surface area contributed by atoms with Gasteiger partial charge < -0.3 is 10.1 Å². The summed E-state index contributed by atoms with van der Waals surface area (Å²) in [6, 6.07) is 6.56. The number of halogens is 1. The van der Waals surface area contributed by atoms with Crippen LogP contribution >= 0.6 is 15.9 Å². The van der Waals surface area contributed by atoms with Crippen molar-refractivity contribution in [3.8, 4) is 5.75 Å². The average molecular weight is 336 g/mol. The fourth-order valence-electron chi connectivity index (χ4n) is 2.76. The van der Waals surface area contributed by atoms with E-state index in [1.807, 2.05) is 17.9 Å². The van der Waals surface area contributed by atoms with Gasteiger partial charge in [-0.3, -0.25) is 4.68 Å². The van der Waals surface area contributed by atoms with Crippen molar-refractivity contribution < 1.29 is 4.74 Å². The maximum atomic E-state index is 5.58. The first kappa shape index (κ1) is 13.6. The molecule has 0 radical (unpaired) electrons. The second-order valence-electron chi connectivity index (χ2n) is 4.88. The minimum absolute atomic E-state index is 0.123. The van der Waals surface area contributed by atoms with Crippen LogP contribution in [0.3, 0.4) is 0 Å². The zero-order valence-electron chi connectivity index (χ0n) is 11.7. The molecule has 3 rings (SSSR count). The summed E-state index contributed by atoms with van der Waals surface area (Å²) in [5.41, 5.74) is 3.70. The Bertz CT molecular complexity index is 624. The van der Waals surface area contributed by atoms with E-state index < -0.39 is 0 Å². The molecule has 0 amide bonds. The monoisotopic (exact) mass is 335 g/mol. The van der Waals surface area contributed by atoms with Gasteiger partial charge in [0.1, 0.15) is 5.75 Å². The van der Waals surface area contributed by atoms with Gasteiger partial charge in [-0.1, -0.05) is 12.1 Å². The second-order valence-corrected chi connectivity index (χ2v) is 5.74. The summed E-state index contributed by atoms with van der Waals surface area (Å²) in [7, 11) is 1.98. The molecule has 1 unspecified atom stereocenters. The predicted molar refractivity (Wildman–Crippen MR) is 82.1 cm³/mol. The number of fused-ring (bicyclic) bond motifs is 1. The minimum atomic E-state index is 0.123. The molecule has 106 valence electrons. The lowest BCUT2D eigenvalue weighted by Gasteiger charge is -2.19. The summed E-state index contributed by atoms with van der Waals surface area (Å²) in [6.45, 7) is 3.75. The SMILES string of the molecule is CCn1ncc(Br)c1C(NC)c1ccc2c(c1)CCO2. The van der Waals surface area contributed by atoms with Crippen molar-refractivity contribution in [3.05, 3.63) is 45.7 Å². The van der Waals surface area contributed by atoms with Gasteiger partial charge in [-0.05, 0) is 47.1 Å². The zero-order valence-corrected chi connectivity index (χ0v) is 13.3. The Morgan fingerprint density at radius 2 is 2.35 bits per heavy atom. The fourth-order valence-corrected chi connectivity index (χ4v) is 3.28. The summed E-state index contributed by atoms with van der Waals surface area (Å²) >= 11 is 3.61. The molecule has 1 N–H and O–H groups in total. The Balaban J connectivity index is 2.03. The number of aryl methyl sites for hydroxylation is 1. The standard InChI is InChI=1S/C15H18BrN3O/c1-3-19-15(12(16)9-18-19)14(17-2)11-4-5-13-10(8-11)6-7-20-13/h4-5,8-9,14,17H,3,6-7H2,1-2H3. The van der Waals surface area contributed by atoms with E-state index in [2.05, 4.69) is 51.5 Å². The van der Waals surface area contributed by atoms with Gasteiger partial charge in [0, 0.05) is 13.0 Å². The molecule has 1 aliphatic heterocycles. The van der Waals surface area contributed by atoms with Crippen molar-refractivity contribution >= 4 is 15.9 Å². The lowest BCUT2D eigenvalue weighted by Crippen LogP contribution is -2.22. The van der Waals surface area contributed by atoms with Crippen molar-refractivity contribution in [2.75, 3.05) is 13.7 Å². The summed E-state index contributed by atoms with van der Waals surface area (Å²) in [5.74, 6) is 1.02. The van der Waals surface area contributed by atoms with Crippen LogP contribution in [-0.2, 0) is 13.0 Å². The Morgan fingerprint density at radius 1 is 1.50 bits per heavy atom. The number of hydrogen-bond acceptors (Lipinski definition) is 3. The number of rotatable bonds is 4. The Kier molecular flexibility index (Phi) is 3.81. The fraction of sp³-hybridized carbons (Fsp3) is 0.400. The largest absolute Gasteiger partial charge is 0.493 e. The van der Waals surface area contributed by atoms with E-state index >= 15 is 0 Å². The molecule has 4 nitrogen and oxygen atoms in total. The van der Waals surface area contributed by atoms with Crippen LogP contribution < -0.4 is 10.1 Å². The molecule has 0 saturated heterocycles. The molecule has 0 bridgehead atoms. The summed E-state index contributed by atoms with van der Waals surface area (Å²) in [4.78, 5) is 0. The molecule has 2 aromatic rings. The molecule has 1 aromatic carbocycles. The number of hydrogen-bond donors (Lipinski definition) is 1. The summed E-state index contributed by atoms with van der Waals surface area (Å²) in [6.07, 6.45) is 2.85. The molecular weight excluding hydrogens is 318 g/mol. The average Bonchev–Trinajstić information content (AvgIpc) is 3.07. The molecule has 5 heteroatoms. The van der Waals surface area contributed by atoms with Crippen molar-refractivity contribution in [1.29, 1.82) is 0 Å². The van der Waals surface area contributed by atoms with Gasteiger partial charge in [0.15, 0.2) is 0 Å². The molecule has 20 heavy (non-hydrogen) atoms. The van der Waals surface area contributed by atoms with Gasteiger partial charge in [0.05, 0.1) is 29.0 Å². The smallest absolute Gasteiger partial charge is 0.122 e. The van der Waals surface area contributed by atoms with Gasteiger partial charge in [-0.2, -0.15) is 5.10 Å². The van der Waals surface area contributed by atoms with Crippen LogP contribution in [-0.4, -0.2) is 23.4 Å². The highest BCUT2D eigenvalue weighted by molar-refractivity contribution is 9.10. The van der Waals surface area contributed by atoms with E-state index in [0.29, 0.717) is 0 Å². The van der Waals surface area contributed by atoms with E-state index in [0.717, 1.165) is 35.5 Å². The summed E-state index contributed by atoms with van der Waals surface area (Å²) < 4.78 is 8.64. The van der Waals surface area contributed by atoms with Gasteiger partial charge in [-0.25, -0.2) is 0 Å². The van der Waals surface area contributed by atoms with Gasteiger partial charge in [-0.15, -0.1) is 0 Å². The molecule has 0 saturated carbocycles. The van der Waals surface area contributed by atoms with E-state index in [4.69, 9.17) is 4.74 Å². The maximum absolute atomic E-state index is 5.58. The van der Waals surface area contributed by atoms with Gasteiger partial charge in [0.25, 0.3) is 0 Å². The highest BCUT2D eigenvalue weighted by Crippen LogP contribution is 2.33. The lowest BCUT2D eigenvalue weighted by atomic mass is 10.00. The minimum Gasteiger partial charge on any atom is -0.493 e. The van der Waals surface area contributed by atoms with Crippen LogP contribution in [0.25, 0.3) is 0 Å². The Morgan fingerprint density at radius 3 is 3.10 bits per heavy atom. The lowest BCUT2D eigenvalue weighted by molar-refractivity contribution is 0.357. The van der Waals surface area contributed by atoms with Crippen LogP contribution in [0.4, 0.5) is 0 Å². The van der Waals surface area contributed by atoms with Gasteiger partial charge in [0.2, 0.25) is 0 Å². The Hall–Kier alpha value is -1.33. The van der Waals surface area contributed by atoms with E-state index in [1.54, 1.807) is 0 Å². The molecule has 1 atom stereocenters. The molecule has 0 spiro atoms. The zero-order chi connectivity index (χ0) is 14.1. The summed E-state index contributed by atoms with van der Waals surface area (Å²) in [5, 5.41) is 7.80.